The number of anilines is 1. The number of benzene rings is 1. The van der Waals surface area contributed by atoms with Crippen LogP contribution in [0.5, 0.6) is 0 Å². The average molecular weight is 262 g/mol. The molecular formula is C17H30N2. The van der Waals surface area contributed by atoms with Gasteiger partial charge in [-0.3, -0.25) is 0 Å². The van der Waals surface area contributed by atoms with Crippen LogP contribution in [0.25, 0.3) is 0 Å². The van der Waals surface area contributed by atoms with Gasteiger partial charge in [-0.15, -0.1) is 0 Å². The molecule has 1 N–H and O–H groups in total. The first-order valence-corrected chi connectivity index (χ1v) is 7.58. The third-order valence-electron chi connectivity index (χ3n) is 3.16. The highest BCUT2D eigenvalue weighted by Gasteiger charge is 2.09. The molecule has 2 nitrogen and oxygen atoms in total. The lowest BCUT2D eigenvalue weighted by molar-refractivity contribution is 0.422. The van der Waals surface area contributed by atoms with Crippen molar-refractivity contribution in [3.8, 4) is 0 Å². The van der Waals surface area contributed by atoms with Gasteiger partial charge in [-0.2, -0.15) is 0 Å². The summed E-state index contributed by atoms with van der Waals surface area (Å²) < 4.78 is 0. The van der Waals surface area contributed by atoms with Gasteiger partial charge in [-0.25, -0.2) is 0 Å². The highest BCUT2D eigenvalue weighted by atomic mass is 15.1. The van der Waals surface area contributed by atoms with Gasteiger partial charge in [0.15, 0.2) is 0 Å². The molecule has 0 fully saturated rings. The Morgan fingerprint density at radius 2 is 1.63 bits per heavy atom. The molecule has 1 rings (SSSR count). The first-order chi connectivity index (χ1) is 9.03. The first kappa shape index (κ1) is 16.0. The van der Waals surface area contributed by atoms with Crippen molar-refractivity contribution in [1.82, 2.24) is 5.32 Å². The molecule has 0 atom stereocenters. The van der Waals surface area contributed by atoms with Crippen LogP contribution in [0.2, 0.25) is 0 Å². The Hall–Kier alpha value is -1.02. The number of rotatable bonds is 8. The predicted molar refractivity (Wildman–Crippen MR) is 85.9 cm³/mol. The summed E-state index contributed by atoms with van der Waals surface area (Å²) in [6.45, 7) is 12.3. The Labute approximate surface area is 119 Å². The first-order valence-electron chi connectivity index (χ1n) is 7.58. The largest absolute Gasteiger partial charge is 0.371 e. The molecule has 0 aromatic heterocycles. The van der Waals surface area contributed by atoms with E-state index in [0.29, 0.717) is 0 Å². The monoisotopic (exact) mass is 262 g/mol. The number of para-hydroxylation sites is 1. The third-order valence-corrected chi connectivity index (χ3v) is 3.16. The van der Waals surface area contributed by atoms with E-state index >= 15 is 0 Å². The highest BCUT2D eigenvalue weighted by molar-refractivity contribution is 5.45. The molecule has 0 aliphatic rings. The molecule has 0 spiro atoms. The zero-order valence-electron chi connectivity index (χ0n) is 13.1. The van der Waals surface area contributed by atoms with Crippen molar-refractivity contribution in [3.63, 3.8) is 0 Å². The molecule has 0 radical (unpaired) electrons. The van der Waals surface area contributed by atoms with Crippen LogP contribution in [0, 0.1) is 0 Å². The third kappa shape index (κ3) is 7.22. The summed E-state index contributed by atoms with van der Waals surface area (Å²) >= 11 is 0. The minimum absolute atomic E-state index is 0.223. The second-order valence-corrected chi connectivity index (χ2v) is 6.21. The van der Waals surface area contributed by atoms with E-state index in [4.69, 9.17) is 0 Å². The molecule has 0 saturated carbocycles. The smallest absolute Gasteiger partial charge is 0.0366 e. The molecule has 1 aromatic carbocycles. The van der Waals surface area contributed by atoms with Gasteiger partial charge in [-0.05, 0) is 52.3 Å². The fourth-order valence-electron chi connectivity index (χ4n) is 2.09. The Kier molecular flexibility index (Phi) is 6.93. The number of hydrogen-bond acceptors (Lipinski definition) is 2. The van der Waals surface area contributed by atoms with Crippen molar-refractivity contribution < 1.29 is 0 Å². The predicted octanol–water partition coefficient (Wildman–Crippen LogP) is 4.07. The molecule has 0 unspecified atom stereocenters. The lowest BCUT2D eigenvalue weighted by Crippen LogP contribution is -2.38. The van der Waals surface area contributed by atoms with E-state index in [-0.39, 0.29) is 5.54 Å². The van der Waals surface area contributed by atoms with Crippen LogP contribution in [0.1, 0.15) is 47.0 Å². The number of nitrogens with zero attached hydrogens (tertiary/aromatic N) is 1. The molecule has 0 amide bonds. The number of hydrogen-bond donors (Lipinski definition) is 1. The Morgan fingerprint density at radius 3 is 2.21 bits per heavy atom. The van der Waals surface area contributed by atoms with E-state index in [0.717, 1.165) is 19.6 Å². The summed E-state index contributed by atoms with van der Waals surface area (Å²) in [6.07, 6.45) is 3.71. The number of nitrogens with one attached hydrogen (secondary N) is 1. The van der Waals surface area contributed by atoms with E-state index in [1.54, 1.807) is 0 Å². The van der Waals surface area contributed by atoms with Gasteiger partial charge < -0.3 is 10.2 Å². The van der Waals surface area contributed by atoms with E-state index in [2.05, 4.69) is 68.2 Å². The lowest BCUT2D eigenvalue weighted by atomic mass is 10.1. The van der Waals surface area contributed by atoms with Crippen LogP contribution in [0.3, 0.4) is 0 Å². The zero-order chi connectivity index (χ0) is 14.1. The summed E-state index contributed by atoms with van der Waals surface area (Å²) in [6, 6.07) is 10.8. The molecule has 19 heavy (non-hydrogen) atoms. The van der Waals surface area contributed by atoms with E-state index in [1.165, 1.54) is 24.9 Å². The Morgan fingerprint density at radius 1 is 1.00 bits per heavy atom. The molecular weight excluding hydrogens is 232 g/mol. The van der Waals surface area contributed by atoms with E-state index in [9.17, 15) is 0 Å². The van der Waals surface area contributed by atoms with Gasteiger partial charge in [0, 0.05) is 24.3 Å². The standard InChI is InChI=1S/C17H30N2/c1-5-6-14-19(16-11-8-7-9-12-16)15-10-13-18-17(2,3)4/h7-9,11-12,18H,5-6,10,13-15H2,1-4H3. The van der Waals surface area contributed by atoms with Gasteiger partial charge in [0.05, 0.1) is 0 Å². The Balaban J connectivity index is 2.42. The lowest BCUT2D eigenvalue weighted by Gasteiger charge is -2.26. The molecule has 0 aliphatic heterocycles. The molecule has 0 saturated heterocycles. The minimum Gasteiger partial charge on any atom is -0.371 e. The van der Waals surface area contributed by atoms with Crippen LogP contribution in [0.4, 0.5) is 5.69 Å². The SMILES string of the molecule is CCCCN(CCCNC(C)(C)C)c1ccccc1. The fraction of sp³-hybridized carbons (Fsp3) is 0.647. The molecule has 0 aliphatic carbocycles. The van der Waals surface area contributed by atoms with Crippen molar-refractivity contribution in [2.45, 2.75) is 52.5 Å². The topological polar surface area (TPSA) is 15.3 Å². The van der Waals surface area contributed by atoms with E-state index in [1.807, 2.05) is 0 Å². The molecule has 108 valence electrons. The van der Waals surface area contributed by atoms with Gasteiger partial charge >= 0.3 is 0 Å². The van der Waals surface area contributed by atoms with Crippen molar-refractivity contribution >= 4 is 5.69 Å². The van der Waals surface area contributed by atoms with Crippen LogP contribution >= 0.6 is 0 Å². The van der Waals surface area contributed by atoms with Crippen molar-refractivity contribution in [3.05, 3.63) is 30.3 Å². The maximum atomic E-state index is 3.56. The average Bonchev–Trinajstić information content (AvgIpc) is 2.38. The van der Waals surface area contributed by atoms with Crippen LogP contribution < -0.4 is 10.2 Å². The highest BCUT2D eigenvalue weighted by Crippen LogP contribution is 2.14. The Bertz CT molecular complexity index is 327. The maximum Gasteiger partial charge on any atom is 0.0366 e. The molecule has 2 heteroatoms. The normalized spacial score (nSPS) is 11.6. The van der Waals surface area contributed by atoms with Crippen molar-refractivity contribution in [1.29, 1.82) is 0 Å². The van der Waals surface area contributed by atoms with Gasteiger partial charge in [0.1, 0.15) is 0 Å². The van der Waals surface area contributed by atoms with Gasteiger partial charge in [-0.1, -0.05) is 31.5 Å². The number of unbranched alkanes of at least 4 members (excludes halogenated alkanes) is 1. The van der Waals surface area contributed by atoms with Gasteiger partial charge in [0.25, 0.3) is 0 Å². The second-order valence-electron chi connectivity index (χ2n) is 6.21. The van der Waals surface area contributed by atoms with Crippen LogP contribution in [-0.2, 0) is 0 Å². The van der Waals surface area contributed by atoms with Crippen molar-refractivity contribution in [2.24, 2.45) is 0 Å². The summed E-state index contributed by atoms with van der Waals surface area (Å²) in [5.74, 6) is 0. The molecule has 0 bridgehead atoms. The van der Waals surface area contributed by atoms with Crippen LogP contribution in [0.15, 0.2) is 30.3 Å². The maximum absolute atomic E-state index is 3.56. The summed E-state index contributed by atoms with van der Waals surface area (Å²) in [4.78, 5) is 2.51. The zero-order valence-corrected chi connectivity index (χ0v) is 13.1. The van der Waals surface area contributed by atoms with Crippen LogP contribution in [-0.4, -0.2) is 25.2 Å². The summed E-state index contributed by atoms with van der Waals surface area (Å²) in [7, 11) is 0. The summed E-state index contributed by atoms with van der Waals surface area (Å²) in [5, 5.41) is 3.56. The summed E-state index contributed by atoms with van der Waals surface area (Å²) in [5.41, 5.74) is 1.58. The molecule has 1 aromatic rings. The minimum atomic E-state index is 0.223. The molecule has 0 heterocycles. The van der Waals surface area contributed by atoms with Gasteiger partial charge in [0.2, 0.25) is 0 Å². The van der Waals surface area contributed by atoms with Crippen molar-refractivity contribution in [2.75, 3.05) is 24.5 Å². The second kappa shape index (κ2) is 8.21. The van der Waals surface area contributed by atoms with E-state index < -0.39 is 0 Å². The fourth-order valence-corrected chi connectivity index (χ4v) is 2.09. The quantitative estimate of drug-likeness (QED) is 0.710.